The van der Waals surface area contributed by atoms with E-state index in [-0.39, 0.29) is 5.91 Å². The molecule has 0 radical (unpaired) electrons. The average Bonchev–Trinajstić information content (AvgIpc) is 2.61. The second-order valence-electron chi connectivity index (χ2n) is 4.87. The second-order valence-corrected chi connectivity index (χ2v) is 5.72. The Balaban J connectivity index is 2.15. The quantitative estimate of drug-likeness (QED) is 0.562. The number of para-hydroxylation sites is 1. The van der Waals surface area contributed by atoms with E-state index in [4.69, 9.17) is 14.2 Å². The number of carbonyl (C=O) groups excluding carboxylic acids is 1. The molecule has 25 heavy (non-hydrogen) atoms. The van der Waals surface area contributed by atoms with Gasteiger partial charge in [-0.15, -0.1) is 0 Å². The van der Waals surface area contributed by atoms with Crippen LogP contribution >= 0.6 is 15.9 Å². The number of carbonyl (C=O) groups is 1. The molecular formula is C18H19BrN2O4. The normalized spacial score (nSPS) is 10.6. The first-order valence-corrected chi connectivity index (χ1v) is 8.36. The van der Waals surface area contributed by atoms with Gasteiger partial charge in [-0.2, -0.15) is 5.10 Å². The van der Waals surface area contributed by atoms with E-state index in [1.54, 1.807) is 37.4 Å². The third kappa shape index (κ3) is 4.73. The van der Waals surface area contributed by atoms with Crippen LogP contribution in [0.2, 0.25) is 0 Å². The lowest BCUT2D eigenvalue weighted by atomic mass is 10.2. The van der Waals surface area contributed by atoms with E-state index < -0.39 is 0 Å². The molecule has 0 spiro atoms. The maximum absolute atomic E-state index is 12.2. The van der Waals surface area contributed by atoms with E-state index in [0.717, 1.165) is 10.0 Å². The Bertz CT molecular complexity index is 778. The molecule has 0 heterocycles. The van der Waals surface area contributed by atoms with E-state index in [1.807, 2.05) is 13.0 Å². The highest BCUT2D eigenvalue weighted by Crippen LogP contribution is 2.36. The Morgan fingerprint density at radius 3 is 2.64 bits per heavy atom. The zero-order valence-electron chi connectivity index (χ0n) is 14.2. The van der Waals surface area contributed by atoms with E-state index in [2.05, 4.69) is 26.5 Å². The number of methoxy groups -OCH3 is 2. The summed E-state index contributed by atoms with van der Waals surface area (Å²) in [7, 11) is 3.09. The summed E-state index contributed by atoms with van der Waals surface area (Å²) in [5, 5.41) is 3.99. The first-order valence-electron chi connectivity index (χ1n) is 7.57. The highest BCUT2D eigenvalue weighted by Gasteiger charge is 2.12. The van der Waals surface area contributed by atoms with Crippen LogP contribution in [0.25, 0.3) is 0 Å². The molecule has 0 saturated heterocycles. The van der Waals surface area contributed by atoms with Crippen molar-refractivity contribution in [2.45, 2.75) is 6.92 Å². The van der Waals surface area contributed by atoms with Crippen molar-refractivity contribution < 1.29 is 19.0 Å². The topological polar surface area (TPSA) is 69.2 Å². The van der Waals surface area contributed by atoms with E-state index in [0.29, 0.717) is 29.4 Å². The molecule has 132 valence electrons. The molecule has 0 fully saturated rings. The van der Waals surface area contributed by atoms with Crippen LogP contribution < -0.4 is 19.6 Å². The SMILES string of the molecule is CCOc1cc(/C=N/NC(=O)c2ccccc2OC)cc(Br)c1OC. The predicted molar refractivity (Wildman–Crippen MR) is 99.9 cm³/mol. The lowest BCUT2D eigenvalue weighted by Gasteiger charge is -2.11. The third-order valence-corrected chi connectivity index (χ3v) is 3.86. The van der Waals surface area contributed by atoms with Gasteiger partial charge in [0.25, 0.3) is 5.91 Å². The van der Waals surface area contributed by atoms with Crippen LogP contribution in [0.4, 0.5) is 0 Å². The first-order chi connectivity index (χ1) is 12.1. The number of benzene rings is 2. The van der Waals surface area contributed by atoms with E-state index in [1.165, 1.54) is 13.3 Å². The number of halogens is 1. The molecule has 2 rings (SSSR count). The van der Waals surface area contributed by atoms with Gasteiger partial charge in [-0.1, -0.05) is 12.1 Å². The number of nitrogens with one attached hydrogen (secondary N) is 1. The Morgan fingerprint density at radius 1 is 1.20 bits per heavy atom. The second kappa shape index (κ2) is 9.08. The van der Waals surface area contributed by atoms with Crippen molar-refractivity contribution >= 4 is 28.1 Å². The first kappa shape index (κ1) is 18.8. The third-order valence-electron chi connectivity index (χ3n) is 3.27. The molecular weight excluding hydrogens is 388 g/mol. The van der Waals surface area contributed by atoms with Gasteiger partial charge in [0.1, 0.15) is 5.75 Å². The highest BCUT2D eigenvalue weighted by atomic mass is 79.9. The van der Waals surface area contributed by atoms with Crippen LogP contribution in [0.15, 0.2) is 46.0 Å². The summed E-state index contributed by atoms with van der Waals surface area (Å²) >= 11 is 3.43. The van der Waals surface area contributed by atoms with Gasteiger partial charge < -0.3 is 14.2 Å². The van der Waals surface area contributed by atoms with Crippen molar-refractivity contribution in [2.75, 3.05) is 20.8 Å². The molecule has 0 saturated carbocycles. The van der Waals surface area contributed by atoms with Crippen molar-refractivity contribution in [3.05, 3.63) is 52.0 Å². The number of rotatable bonds is 7. The molecule has 0 bridgehead atoms. The number of hydrogen-bond acceptors (Lipinski definition) is 5. The van der Waals surface area contributed by atoms with Crippen molar-refractivity contribution in [1.82, 2.24) is 5.43 Å². The fourth-order valence-corrected chi connectivity index (χ4v) is 2.80. The molecule has 0 aliphatic heterocycles. The minimum atomic E-state index is -0.355. The summed E-state index contributed by atoms with van der Waals surface area (Å²) < 4.78 is 16.8. The minimum absolute atomic E-state index is 0.355. The zero-order valence-corrected chi connectivity index (χ0v) is 15.8. The molecule has 1 N–H and O–H groups in total. The van der Waals surface area contributed by atoms with Gasteiger partial charge >= 0.3 is 0 Å². The zero-order chi connectivity index (χ0) is 18.2. The Labute approximate surface area is 154 Å². The molecule has 1 amide bonds. The molecule has 7 heteroatoms. The van der Waals surface area contributed by atoms with Gasteiger partial charge in [0.05, 0.1) is 37.1 Å². The van der Waals surface area contributed by atoms with Gasteiger partial charge in [0.15, 0.2) is 11.5 Å². The van der Waals surface area contributed by atoms with Crippen LogP contribution in [0.1, 0.15) is 22.8 Å². The minimum Gasteiger partial charge on any atom is -0.496 e. The summed E-state index contributed by atoms with van der Waals surface area (Å²) in [6.45, 7) is 2.40. The van der Waals surface area contributed by atoms with Gasteiger partial charge in [-0.3, -0.25) is 4.79 Å². The molecule has 6 nitrogen and oxygen atoms in total. The molecule has 2 aromatic carbocycles. The maximum Gasteiger partial charge on any atom is 0.275 e. The largest absolute Gasteiger partial charge is 0.496 e. The summed E-state index contributed by atoms with van der Waals surface area (Å²) in [5.41, 5.74) is 3.64. The van der Waals surface area contributed by atoms with Crippen molar-refractivity contribution in [3.8, 4) is 17.2 Å². The smallest absolute Gasteiger partial charge is 0.275 e. The number of nitrogens with zero attached hydrogens (tertiary/aromatic N) is 1. The average molecular weight is 407 g/mol. The fraction of sp³-hybridized carbons (Fsp3) is 0.222. The molecule has 2 aromatic rings. The van der Waals surface area contributed by atoms with Gasteiger partial charge in [0, 0.05) is 0 Å². The molecule has 0 aromatic heterocycles. The van der Waals surface area contributed by atoms with Crippen LogP contribution in [0.5, 0.6) is 17.2 Å². The fourth-order valence-electron chi connectivity index (χ4n) is 2.18. The summed E-state index contributed by atoms with van der Waals surface area (Å²) in [5.74, 6) is 1.33. The Kier molecular flexibility index (Phi) is 6.82. The monoisotopic (exact) mass is 406 g/mol. The molecule has 0 aliphatic carbocycles. The van der Waals surface area contributed by atoms with Gasteiger partial charge in [-0.25, -0.2) is 5.43 Å². The van der Waals surface area contributed by atoms with Crippen LogP contribution in [-0.2, 0) is 0 Å². The number of ether oxygens (including phenoxy) is 3. The summed E-state index contributed by atoms with van der Waals surface area (Å²) in [6.07, 6.45) is 1.53. The van der Waals surface area contributed by atoms with Crippen LogP contribution in [-0.4, -0.2) is 32.9 Å². The Morgan fingerprint density at radius 2 is 1.96 bits per heavy atom. The molecule has 0 aliphatic rings. The lowest BCUT2D eigenvalue weighted by molar-refractivity contribution is 0.0952. The maximum atomic E-state index is 12.2. The number of amides is 1. The number of hydrazone groups is 1. The van der Waals surface area contributed by atoms with Gasteiger partial charge in [0.2, 0.25) is 0 Å². The van der Waals surface area contributed by atoms with Crippen molar-refractivity contribution in [1.29, 1.82) is 0 Å². The lowest BCUT2D eigenvalue weighted by Crippen LogP contribution is -2.18. The molecule has 0 atom stereocenters. The predicted octanol–water partition coefficient (Wildman–Crippen LogP) is 3.63. The molecule has 0 unspecified atom stereocenters. The van der Waals surface area contributed by atoms with Crippen LogP contribution in [0.3, 0.4) is 0 Å². The van der Waals surface area contributed by atoms with Crippen LogP contribution in [0, 0.1) is 0 Å². The number of hydrogen-bond donors (Lipinski definition) is 1. The van der Waals surface area contributed by atoms with E-state index in [9.17, 15) is 4.79 Å². The highest BCUT2D eigenvalue weighted by molar-refractivity contribution is 9.10. The van der Waals surface area contributed by atoms with Crippen molar-refractivity contribution in [3.63, 3.8) is 0 Å². The van der Waals surface area contributed by atoms with Gasteiger partial charge in [-0.05, 0) is 52.7 Å². The summed E-state index contributed by atoms with van der Waals surface area (Å²) in [4.78, 5) is 12.2. The standard InChI is InChI=1S/C18H19BrN2O4/c1-4-25-16-10-12(9-14(19)17(16)24-3)11-20-21-18(22)13-7-5-6-8-15(13)23-2/h5-11H,4H2,1-3H3,(H,21,22)/b20-11+. The Hall–Kier alpha value is -2.54. The van der Waals surface area contributed by atoms with E-state index >= 15 is 0 Å². The van der Waals surface area contributed by atoms with Crippen molar-refractivity contribution in [2.24, 2.45) is 5.10 Å². The summed E-state index contributed by atoms with van der Waals surface area (Å²) in [6, 6.07) is 10.5.